The Labute approximate surface area is 159 Å². The van der Waals surface area contributed by atoms with E-state index in [1.165, 1.54) is 15.8 Å². The van der Waals surface area contributed by atoms with Crippen molar-refractivity contribution in [2.45, 2.75) is 13.5 Å². The molecular weight excluding hydrogens is 398 g/mol. The van der Waals surface area contributed by atoms with Gasteiger partial charge in [-0.25, -0.2) is 4.68 Å². The number of benzene rings is 2. The molecule has 0 radical (unpaired) electrons. The maximum atomic E-state index is 12.6. The van der Waals surface area contributed by atoms with Gasteiger partial charge in [-0.15, -0.1) is 5.10 Å². The van der Waals surface area contributed by atoms with Crippen molar-refractivity contribution in [2.75, 3.05) is 19.4 Å². The Balaban J connectivity index is 1.86. The van der Waals surface area contributed by atoms with Crippen LogP contribution in [0, 0.1) is 6.92 Å². The highest BCUT2D eigenvalue weighted by Crippen LogP contribution is 2.33. The predicted molar refractivity (Wildman–Crippen MR) is 103 cm³/mol. The van der Waals surface area contributed by atoms with E-state index in [-0.39, 0.29) is 24.1 Å². The molecule has 26 heavy (non-hydrogen) atoms. The maximum Gasteiger partial charge on any atom is 0.277 e. The van der Waals surface area contributed by atoms with Crippen molar-refractivity contribution in [2.24, 2.45) is 0 Å². The van der Waals surface area contributed by atoms with Gasteiger partial charge < -0.3 is 10.2 Å². The zero-order valence-corrected chi connectivity index (χ0v) is 16.2. The van der Waals surface area contributed by atoms with Gasteiger partial charge >= 0.3 is 0 Å². The summed E-state index contributed by atoms with van der Waals surface area (Å²) in [5, 5.41) is 12.6. The number of anilines is 1. The molecule has 0 aliphatic heterocycles. The van der Waals surface area contributed by atoms with Crippen LogP contribution in [0.2, 0.25) is 0 Å². The number of hydrogen-bond donors (Lipinski definition) is 1. The molecule has 1 aromatic heterocycles. The van der Waals surface area contributed by atoms with Gasteiger partial charge in [-0.2, -0.15) is 0 Å². The molecule has 1 N–H and O–H groups in total. The molecule has 0 aliphatic carbocycles. The second-order valence-corrected chi connectivity index (χ2v) is 6.99. The molecule has 8 heteroatoms. The van der Waals surface area contributed by atoms with E-state index in [1.807, 2.05) is 37.3 Å². The van der Waals surface area contributed by atoms with Gasteiger partial charge in [0.25, 0.3) is 5.91 Å². The number of halogens is 1. The monoisotopic (exact) mass is 415 g/mol. The summed E-state index contributed by atoms with van der Waals surface area (Å²) >= 11 is 3.56. The fourth-order valence-electron chi connectivity index (χ4n) is 2.57. The summed E-state index contributed by atoms with van der Waals surface area (Å²) in [6, 6.07) is 9.77. The molecule has 0 atom stereocenters. The molecule has 3 rings (SSSR count). The Morgan fingerprint density at radius 3 is 2.62 bits per heavy atom. The number of nitrogens with one attached hydrogen (secondary N) is 1. The Bertz CT molecular complexity index is 996. The van der Waals surface area contributed by atoms with Crippen molar-refractivity contribution >= 4 is 44.2 Å². The standard InChI is InChI=1S/C18H18BrN5O2/c1-11-8-14(19)12-6-4-5-7-13(12)17(11)20-18(26)15-9-24(22-21-15)10-16(25)23(2)3/h4-9H,10H2,1-3H3,(H,20,26). The van der Waals surface area contributed by atoms with Crippen LogP contribution in [0.1, 0.15) is 16.1 Å². The summed E-state index contributed by atoms with van der Waals surface area (Å²) in [6.45, 7) is 1.97. The van der Waals surface area contributed by atoms with Crippen LogP contribution in [-0.4, -0.2) is 45.8 Å². The summed E-state index contributed by atoms with van der Waals surface area (Å²) < 4.78 is 2.32. The van der Waals surface area contributed by atoms with Crippen molar-refractivity contribution in [3.8, 4) is 0 Å². The van der Waals surface area contributed by atoms with Crippen molar-refractivity contribution in [1.29, 1.82) is 0 Å². The number of aryl methyl sites for hydroxylation is 1. The fourth-order valence-corrected chi connectivity index (χ4v) is 3.25. The number of nitrogens with zero attached hydrogens (tertiary/aromatic N) is 4. The molecule has 134 valence electrons. The topological polar surface area (TPSA) is 80.1 Å². The van der Waals surface area contributed by atoms with Crippen LogP contribution in [0.4, 0.5) is 5.69 Å². The Hall–Kier alpha value is -2.74. The summed E-state index contributed by atoms with van der Waals surface area (Å²) in [4.78, 5) is 25.8. The third-order valence-electron chi connectivity index (χ3n) is 4.00. The second kappa shape index (κ2) is 7.25. The normalized spacial score (nSPS) is 10.8. The van der Waals surface area contributed by atoms with Gasteiger partial charge in [0.2, 0.25) is 5.91 Å². The van der Waals surface area contributed by atoms with Crippen LogP contribution in [0.25, 0.3) is 10.8 Å². The number of carbonyl (C=O) groups is 2. The largest absolute Gasteiger partial charge is 0.347 e. The van der Waals surface area contributed by atoms with E-state index >= 15 is 0 Å². The SMILES string of the molecule is Cc1cc(Br)c2ccccc2c1NC(=O)c1cn(CC(=O)N(C)C)nn1. The lowest BCUT2D eigenvalue weighted by Crippen LogP contribution is -2.26. The van der Waals surface area contributed by atoms with Crippen molar-refractivity contribution in [3.63, 3.8) is 0 Å². The highest BCUT2D eigenvalue weighted by Gasteiger charge is 2.16. The maximum absolute atomic E-state index is 12.6. The molecule has 0 fully saturated rings. The van der Waals surface area contributed by atoms with Crippen LogP contribution < -0.4 is 5.32 Å². The predicted octanol–water partition coefficient (Wildman–Crippen LogP) is 2.84. The number of amides is 2. The van der Waals surface area contributed by atoms with E-state index in [1.54, 1.807) is 14.1 Å². The van der Waals surface area contributed by atoms with Crippen LogP contribution >= 0.6 is 15.9 Å². The molecule has 0 bridgehead atoms. The van der Waals surface area contributed by atoms with Gasteiger partial charge in [0.1, 0.15) is 6.54 Å². The van der Waals surface area contributed by atoms with Crippen LogP contribution in [-0.2, 0) is 11.3 Å². The van der Waals surface area contributed by atoms with E-state index in [9.17, 15) is 9.59 Å². The van der Waals surface area contributed by atoms with Gasteiger partial charge in [0.05, 0.1) is 11.9 Å². The van der Waals surface area contributed by atoms with Gasteiger partial charge in [-0.1, -0.05) is 45.4 Å². The third-order valence-corrected chi connectivity index (χ3v) is 4.65. The van der Waals surface area contributed by atoms with E-state index < -0.39 is 0 Å². The van der Waals surface area contributed by atoms with Crippen LogP contribution in [0.5, 0.6) is 0 Å². The minimum atomic E-state index is -0.371. The number of likely N-dealkylation sites (N-methyl/N-ethyl adjacent to an activating group) is 1. The minimum absolute atomic E-state index is 0.0352. The summed E-state index contributed by atoms with van der Waals surface area (Å²) in [6.07, 6.45) is 1.47. The minimum Gasteiger partial charge on any atom is -0.347 e. The molecule has 0 saturated heterocycles. The molecule has 0 saturated carbocycles. The highest BCUT2D eigenvalue weighted by atomic mass is 79.9. The summed E-state index contributed by atoms with van der Waals surface area (Å²) in [5.74, 6) is -0.499. The van der Waals surface area contributed by atoms with Gasteiger partial charge in [-0.3, -0.25) is 9.59 Å². The first-order chi connectivity index (χ1) is 12.4. The summed E-state index contributed by atoms with van der Waals surface area (Å²) in [5.41, 5.74) is 1.81. The molecule has 3 aromatic rings. The fraction of sp³-hybridized carbons (Fsp3) is 0.222. The lowest BCUT2D eigenvalue weighted by atomic mass is 10.0. The van der Waals surface area contributed by atoms with Crippen molar-refractivity contribution < 1.29 is 9.59 Å². The first-order valence-corrected chi connectivity index (χ1v) is 8.75. The second-order valence-electron chi connectivity index (χ2n) is 6.14. The van der Waals surface area contributed by atoms with E-state index in [4.69, 9.17) is 0 Å². The van der Waals surface area contributed by atoms with Crippen molar-refractivity contribution in [3.05, 3.63) is 52.3 Å². The molecule has 2 aromatic carbocycles. The Kier molecular flexibility index (Phi) is 5.03. The zero-order chi connectivity index (χ0) is 18.8. The molecule has 0 unspecified atom stereocenters. The number of hydrogen-bond acceptors (Lipinski definition) is 4. The molecule has 0 spiro atoms. The molecule has 2 amide bonds. The lowest BCUT2D eigenvalue weighted by Gasteiger charge is -2.12. The van der Waals surface area contributed by atoms with Gasteiger partial charge in [-0.05, 0) is 23.9 Å². The van der Waals surface area contributed by atoms with E-state index in [0.29, 0.717) is 0 Å². The van der Waals surface area contributed by atoms with Crippen LogP contribution in [0.15, 0.2) is 41.0 Å². The molecule has 7 nitrogen and oxygen atoms in total. The number of aromatic nitrogens is 3. The van der Waals surface area contributed by atoms with Gasteiger partial charge in [0.15, 0.2) is 5.69 Å². The first kappa shape index (κ1) is 18.1. The molecule has 0 aliphatic rings. The van der Waals surface area contributed by atoms with E-state index in [0.717, 1.165) is 26.5 Å². The Morgan fingerprint density at radius 1 is 1.23 bits per heavy atom. The number of rotatable bonds is 4. The average Bonchev–Trinajstić information content (AvgIpc) is 3.07. The first-order valence-electron chi connectivity index (χ1n) is 7.96. The lowest BCUT2D eigenvalue weighted by molar-refractivity contribution is -0.129. The quantitative estimate of drug-likeness (QED) is 0.710. The highest BCUT2D eigenvalue weighted by molar-refractivity contribution is 9.10. The number of carbonyl (C=O) groups excluding carboxylic acids is 2. The van der Waals surface area contributed by atoms with Crippen molar-refractivity contribution in [1.82, 2.24) is 19.9 Å². The number of fused-ring (bicyclic) bond motifs is 1. The van der Waals surface area contributed by atoms with E-state index in [2.05, 4.69) is 31.6 Å². The average molecular weight is 416 g/mol. The van der Waals surface area contributed by atoms with Crippen LogP contribution in [0.3, 0.4) is 0 Å². The molecule has 1 heterocycles. The third kappa shape index (κ3) is 3.60. The Morgan fingerprint density at radius 2 is 1.92 bits per heavy atom. The van der Waals surface area contributed by atoms with Gasteiger partial charge in [0, 0.05) is 24.0 Å². The summed E-state index contributed by atoms with van der Waals surface area (Å²) in [7, 11) is 3.32. The smallest absolute Gasteiger partial charge is 0.277 e. The zero-order valence-electron chi connectivity index (χ0n) is 14.7. The molecular formula is C18H18BrN5O2.